The summed E-state index contributed by atoms with van der Waals surface area (Å²) in [6, 6.07) is 65.9. The van der Waals surface area contributed by atoms with E-state index >= 15 is 0 Å². The van der Waals surface area contributed by atoms with E-state index in [9.17, 15) is 0 Å². The van der Waals surface area contributed by atoms with Crippen LogP contribution in [0.5, 0.6) is 0 Å². The lowest BCUT2D eigenvalue weighted by molar-refractivity contribution is 0.669. The van der Waals surface area contributed by atoms with Crippen LogP contribution in [0.2, 0.25) is 0 Å². The second kappa shape index (κ2) is 28.5. The molecule has 0 bridgehead atoms. The van der Waals surface area contributed by atoms with E-state index in [1.807, 2.05) is 170 Å². The summed E-state index contributed by atoms with van der Waals surface area (Å²) in [6.07, 6.45) is 10.9. The number of hydrogen-bond donors (Lipinski definition) is 0. The molecule has 0 amide bonds. The molecular formula is C66H65N5OS. The van der Waals surface area contributed by atoms with Crippen LogP contribution in [0.3, 0.4) is 0 Å². The molecule has 73 heavy (non-hydrogen) atoms. The van der Waals surface area contributed by atoms with Gasteiger partial charge in [-0.15, -0.1) is 11.3 Å². The van der Waals surface area contributed by atoms with Crippen molar-refractivity contribution in [2.24, 2.45) is 0 Å². The first-order valence-corrected chi connectivity index (χ1v) is 26.2. The quantitative estimate of drug-likeness (QED) is 0.141. The van der Waals surface area contributed by atoms with Crippen LogP contribution in [0.15, 0.2) is 236 Å². The zero-order chi connectivity index (χ0) is 51.8. The number of aromatic nitrogens is 5. The topological polar surface area (TPSA) is 77.6 Å². The summed E-state index contributed by atoms with van der Waals surface area (Å²) in [5.74, 6) is 0. The van der Waals surface area contributed by atoms with Crippen molar-refractivity contribution in [3.63, 3.8) is 0 Å². The van der Waals surface area contributed by atoms with Crippen LogP contribution in [-0.2, 0) is 0 Å². The SMILES string of the molecule is CC.CC.CC.CC.Cc1cc2cccnc2c2ncccc12.c1ccc2c(c1)oc1ccccc12.c1ccc2c(c1)sc1ccccc12.c1ccc2cnccc2c1.c1cnc2c(c1)ccc1cccnc12. The van der Waals surface area contributed by atoms with Crippen molar-refractivity contribution in [1.29, 1.82) is 0 Å². The van der Waals surface area contributed by atoms with Crippen molar-refractivity contribution in [2.75, 3.05) is 0 Å². The molecule has 0 saturated carbocycles. The first-order valence-electron chi connectivity index (χ1n) is 25.4. The molecule has 0 saturated heterocycles. The van der Waals surface area contributed by atoms with Gasteiger partial charge in [0.1, 0.15) is 11.2 Å². The highest BCUT2D eigenvalue weighted by Crippen LogP contribution is 2.33. The van der Waals surface area contributed by atoms with Gasteiger partial charge in [-0.3, -0.25) is 24.9 Å². The van der Waals surface area contributed by atoms with Crippen LogP contribution in [0.25, 0.3) is 96.5 Å². The van der Waals surface area contributed by atoms with Gasteiger partial charge in [-0.25, -0.2) is 0 Å². The summed E-state index contributed by atoms with van der Waals surface area (Å²) in [7, 11) is 0. The lowest BCUT2D eigenvalue weighted by atomic mass is 10.1. The van der Waals surface area contributed by atoms with Crippen LogP contribution in [0, 0.1) is 6.92 Å². The van der Waals surface area contributed by atoms with Crippen molar-refractivity contribution < 1.29 is 4.42 Å². The van der Waals surface area contributed by atoms with Gasteiger partial charge in [-0.05, 0) is 83.9 Å². The fraction of sp³-hybridized carbons (Fsp3) is 0.136. The second-order valence-corrected chi connectivity index (χ2v) is 16.4. The Kier molecular flexibility index (Phi) is 21.0. The molecule has 0 aliphatic heterocycles. The number of aryl methyl sites for hydroxylation is 1. The van der Waals surface area contributed by atoms with Crippen LogP contribution < -0.4 is 0 Å². The van der Waals surface area contributed by atoms with E-state index in [0.717, 1.165) is 49.4 Å². The van der Waals surface area contributed by atoms with Crippen molar-refractivity contribution in [1.82, 2.24) is 24.9 Å². The van der Waals surface area contributed by atoms with E-state index in [2.05, 4.69) is 147 Å². The molecule has 0 aliphatic carbocycles. The third-order valence-electron chi connectivity index (χ3n) is 11.1. The van der Waals surface area contributed by atoms with Crippen molar-refractivity contribution in [3.05, 3.63) is 237 Å². The maximum atomic E-state index is 5.65. The Balaban J connectivity index is 0.000000144. The van der Waals surface area contributed by atoms with Gasteiger partial charge in [0, 0.05) is 89.7 Å². The molecule has 366 valence electrons. The van der Waals surface area contributed by atoms with E-state index in [1.165, 1.54) is 52.7 Å². The van der Waals surface area contributed by atoms with Gasteiger partial charge < -0.3 is 4.42 Å². The van der Waals surface area contributed by atoms with Crippen LogP contribution >= 0.6 is 11.3 Å². The summed E-state index contributed by atoms with van der Waals surface area (Å²) in [5, 5.41) is 12.2. The molecular weight excluding hydrogens is 911 g/mol. The molecule has 7 heterocycles. The largest absolute Gasteiger partial charge is 0.456 e. The molecule has 0 unspecified atom stereocenters. The number of pyridine rings is 5. The third kappa shape index (κ3) is 13.3. The molecule has 14 rings (SSSR count). The number of para-hydroxylation sites is 2. The predicted molar refractivity (Wildman–Crippen MR) is 319 cm³/mol. The van der Waals surface area contributed by atoms with Gasteiger partial charge in [0.25, 0.3) is 0 Å². The van der Waals surface area contributed by atoms with Crippen LogP contribution in [0.1, 0.15) is 61.0 Å². The number of fused-ring (bicyclic) bond motifs is 13. The average Bonchev–Trinajstić information content (AvgIpc) is 4.07. The summed E-state index contributed by atoms with van der Waals surface area (Å²) in [5.41, 5.74) is 7.11. The fourth-order valence-electron chi connectivity index (χ4n) is 8.01. The lowest BCUT2D eigenvalue weighted by Crippen LogP contribution is -1.86. The van der Waals surface area contributed by atoms with E-state index in [0.29, 0.717) is 0 Å². The smallest absolute Gasteiger partial charge is 0.135 e. The Labute approximate surface area is 434 Å². The van der Waals surface area contributed by atoms with Gasteiger partial charge in [-0.1, -0.05) is 189 Å². The molecule has 7 heteroatoms. The van der Waals surface area contributed by atoms with Crippen LogP contribution in [-0.4, -0.2) is 24.9 Å². The molecule has 14 aromatic rings. The van der Waals surface area contributed by atoms with E-state index in [1.54, 1.807) is 12.4 Å². The van der Waals surface area contributed by atoms with Gasteiger partial charge in [0.05, 0.1) is 22.1 Å². The van der Waals surface area contributed by atoms with Gasteiger partial charge in [0.2, 0.25) is 0 Å². The zero-order valence-electron chi connectivity index (χ0n) is 43.5. The highest BCUT2D eigenvalue weighted by molar-refractivity contribution is 7.25. The maximum Gasteiger partial charge on any atom is 0.135 e. The number of benzene rings is 7. The Morgan fingerprint density at radius 3 is 1.22 bits per heavy atom. The number of nitrogens with zero attached hydrogens (tertiary/aromatic N) is 5. The Morgan fingerprint density at radius 2 is 0.699 bits per heavy atom. The van der Waals surface area contributed by atoms with Gasteiger partial charge in [0.15, 0.2) is 0 Å². The molecule has 0 aliphatic rings. The molecule has 0 atom stereocenters. The average molecular weight is 976 g/mol. The Morgan fingerprint density at radius 1 is 0.315 bits per heavy atom. The van der Waals surface area contributed by atoms with Gasteiger partial charge >= 0.3 is 0 Å². The van der Waals surface area contributed by atoms with Crippen molar-refractivity contribution in [2.45, 2.75) is 62.3 Å². The summed E-state index contributed by atoms with van der Waals surface area (Å²) in [4.78, 5) is 21.5. The highest BCUT2D eigenvalue weighted by atomic mass is 32.1. The molecule has 0 N–H and O–H groups in total. The van der Waals surface area contributed by atoms with E-state index in [4.69, 9.17) is 4.42 Å². The van der Waals surface area contributed by atoms with E-state index < -0.39 is 0 Å². The molecule has 0 fully saturated rings. The van der Waals surface area contributed by atoms with E-state index in [-0.39, 0.29) is 0 Å². The Hall–Kier alpha value is -8.39. The lowest BCUT2D eigenvalue weighted by Gasteiger charge is -2.04. The molecule has 6 nitrogen and oxygen atoms in total. The minimum absolute atomic E-state index is 0.962. The minimum Gasteiger partial charge on any atom is -0.456 e. The molecule has 7 aromatic heterocycles. The first-order chi connectivity index (χ1) is 36.2. The number of thiophene rings is 1. The predicted octanol–water partition coefficient (Wildman–Crippen LogP) is 19.9. The third-order valence-corrected chi connectivity index (χ3v) is 12.3. The first kappa shape index (κ1) is 54.0. The zero-order valence-corrected chi connectivity index (χ0v) is 44.3. The summed E-state index contributed by atoms with van der Waals surface area (Å²) < 4.78 is 8.41. The second-order valence-electron chi connectivity index (χ2n) is 15.3. The monoisotopic (exact) mass is 975 g/mol. The number of furan rings is 1. The Bertz CT molecular complexity index is 3570. The summed E-state index contributed by atoms with van der Waals surface area (Å²) in [6.45, 7) is 18.1. The van der Waals surface area contributed by atoms with Crippen molar-refractivity contribution in [3.8, 4) is 0 Å². The maximum absolute atomic E-state index is 5.65. The number of hydrogen-bond acceptors (Lipinski definition) is 7. The summed E-state index contributed by atoms with van der Waals surface area (Å²) >= 11 is 1.86. The molecule has 0 radical (unpaired) electrons. The van der Waals surface area contributed by atoms with Crippen molar-refractivity contribution >= 4 is 108 Å². The minimum atomic E-state index is 0.962. The van der Waals surface area contributed by atoms with Gasteiger partial charge in [-0.2, -0.15) is 0 Å². The highest BCUT2D eigenvalue weighted by Gasteiger charge is 2.06. The molecule has 7 aromatic carbocycles. The normalized spacial score (nSPS) is 9.99. The number of rotatable bonds is 0. The fourth-order valence-corrected chi connectivity index (χ4v) is 9.12. The standard InChI is InChI=1S/C13H10N2.C12H8N2.C12H8O.C12H8S.C9H7N.4C2H6/c1-9-8-10-4-2-6-14-12(10)13-11(9)5-3-7-15-13;1-3-9-5-6-10-4-2-8-14-12(10)11(9)13-7-1;2*1-3-7-11-9(5-1)10-6-2-4-8-12(10)13-11;1-2-4-9-7-10-6-5-8(9)3-1;4*1-2/h2-8H,1H3;1-8H;2*1-8H;1-7H;4*1-2H3. The molecule has 0 spiro atoms. The van der Waals surface area contributed by atoms with Crippen LogP contribution in [0.4, 0.5) is 0 Å².